The highest BCUT2D eigenvalue weighted by Gasteiger charge is 2.68. The molecular weight excluding hydrogens is 492 g/mol. The van der Waals surface area contributed by atoms with E-state index in [1.807, 2.05) is 56.5 Å². The van der Waals surface area contributed by atoms with Crippen LogP contribution in [0.2, 0.25) is 0 Å². The van der Waals surface area contributed by atoms with Gasteiger partial charge < -0.3 is 20.5 Å². The number of fused-ring (bicyclic) bond motifs is 1. The molecule has 1 amide bonds. The number of para-hydroxylation sites is 1. The molecule has 5 rings (SSSR count). The van der Waals surface area contributed by atoms with E-state index < -0.39 is 53.0 Å². The van der Waals surface area contributed by atoms with Crippen molar-refractivity contribution >= 4 is 28.4 Å². The summed E-state index contributed by atoms with van der Waals surface area (Å²) < 4.78 is 0. The molecule has 204 valence electrons. The van der Waals surface area contributed by atoms with Crippen LogP contribution >= 0.6 is 0 Å². The van der Waals surface area contributed by atoms with E-state index in [2.05, 4.69) is 16.9 Å². The lowest BCUT2D eigenvalue weighted by molar-refractivity contribution is -0.148. The first-order chi connectivity index (χ1) is 18.6. The molecule has 1 aromatic carbocycles. The molecular formula is C32H36N2O5. The number of H-pyrrole nitrogens is 1. The first-order valence-corrected chi connectivity index (χ1v) is 13.6. The van der Waals surface area contributed by atoms with Gasteiger partial charge in [-0.2, -0.15) is 0 Å². The minimum Gasteiger partial charge on any atom is -0.388 e. The molecule has 1 spiro atoms. The van der Waals surface area contributed by atoms with Crippen LogP contribution in [0.1, 0.15) is 32.8 Å². The summed E-state index contributed by atoms with van der Waals surface area (Å²) in [6.07, 6.45) is 8.17. The van der Waals surface area contributed by atoms with Crippen molar-refractivity contribution in [3.63, 3.8) is 0 Å². The topological polar surface area (TPSA) is 119 Å². The third-order valence-corrected chi connectivity index (χ3v) is 9.04. The number of ketones is 2. The number of aromatic amines is 1. The molecule has 1 aromatic heterocycles. The Hall–Kier alpha value is -3.55. The van der Waals surface area contributed by atoms with E-state index in [4.69, 9.17) is 0 Å². The Bertz CT molecular complexity index is 1430. The molecule has 1 saturated carbocycles. The average molecular weight is 529 g/mol. The molecule has 7 heteroatoms. The Kier molecular flexibility index (Phi) is 7.08. The van der Waals surface area contributed by atoms with Gasteiger partial charge in [-0.05, 0) is 66.5 Å². The maximum Gasteiger partial charge on any atom is 0.235 e. The molecule has 1 saturated heterocycles. The maximum absolute atomic E-state index is 14.1. The lowest BCUT2D eigenvalue weighted by Crippen LogP contribution is -2.58. The molecule has 1 unspecified atom stereocenters. The van der Waals surface area contributed by atoms with E-state index in [-0.39, 0.29) is 11.8 Å². The van der Waals surface area contributed by atoms with Gasteiger partial charge in [-0.25, -0.2) is 0 Å². The number of benzene rings is 1. The number of carbonyl (C=O) groups excluding carboxylic acids is 3. The SMILES string of the molecule is C=C1[C@@H](C)[C@H]2C(Cc3c[nH]c4ccccc34)NC(=O)[C@]23C(=O)/C=C\C(=O)[C@@H](O)C(C)=C[C@H](C)C/C=C/[C@H]3[C@@H]1O. The van der Waals surface area contributed by atoms with Crippen molar-refractivity contribution in [3.05, 3.63) is 84.1 Å². The third-order valence-electron chi connectivity index (χ3n) is 9.04. The molecule has 2 fully saturated rings. The van der Waals surface area contributed by atoms with Gasteiger partial charge in [0, 0.05) is 35.0 Å². The van der Waals surface area contributed by atoms with Gasteiger partial charge in [-0.1, -0.05) is 56.9 Å². The second kappa shape index (κ2) is 10.2. The number of aliphatic hydroxyl groups excluding tert-OH is 2. The number of rotatable bonds is 2. The second-order valence-corrected chi connectivity index (χ2v) is 11.4. The largest absolute Gasteiger partial charge is 0.388 e. The molecule has 2 aromatic rings. The van der Waals surface area contributed by atoms with E-state index >= 15 is 0 Å². The highest BCUT2D eigenvalue weighted by molar-refractivity contribution is 6.15. The van der Waals surface area contributed by atoms with Gasteiger partial charge in [0.25, 0.3) is 0 Å². The maximum atomic E-state index is 14.1. The van der Waals surface area contributed by atoms with Crippen LogP contribution in [0.25, 0.3) is 10.9 Å². The molecule has 1 aliphatic heterocycles. The molecule has 39 heavy (non-hydrogen) atoms. The number of hydrogen-bond acceptors (Lipinski definition) is 5. The predicted octanol–water partition coefficient (Wildman–Crippen LogP) is 3.59. The summed E-state index contributed by atoms with van der Waals surface area (Å²) in [5.74, 6) is -3.34. The van der Waals surface area contributed by atoms with Crippen molar-refractivity contribution in [2.45, 2.75) is 51.9 Å². The van der Waals surface area contributed by atoms with Crippen LogP contribution in [0.5, 0.6) is 0 Å². The Balaban J connectivity index is 1.63. The Labute approximate surface area is 228 Å². The fourth-order valence-electron chi connectivity index (χ4n) is 7.01. The summed E-state index contributed by atoms with van der Waals surface area (Å²) in [6.45, 7) is 9.74. The molecule has 7 nitrogen and oxygen atoms in total. The standard InChI is InChI=1S/C32H36N2O5/c1-17-8-7-10-23-30(38)20(4)19(3)28-25(15-21-16-33-24-11-6-5-9-22(21)24)34-31(39)32(23,28)27(36)13-12-26(35)29(37)18(2)14-17/h5-7,9-14,16-17,19,23,25,28-30,33,37-38H,4,8,15H2,1-3H3,(H,34,39)/b10-7+,13-12-,18-14?/t17-,19-,23+,25?,28+,29+,30-,32-/m1/s1. The second-order valence-electron chi connectivity index (χ2n) is 11.4. The van der Waals surface area contributed by atoms with Gasteiger partial charge >= 0.3 is 0 Å². The minimum absolute atomic E-state index is 0.00855. The number of amides is 1. The van der Waals surface area contributed by atoms with E-state index in [9.17, 15) is 24.6 Å². The van der Waals surface area contributed by atoms with E-state index in [1.165, 1.54) is 0 Å². The van der Waals surface area contributed by atoms with E-state index in [0.29, 0.717) is 24.0 Å². The number of carbonyl (C=O) groups is 3. The molecule has 0 bridgehead atoms. The number of aliphatic hydroxyl groups is 2. The summed E-state index contributed by atoms with van der Waals surface area (Å²) >= 11 is 0. The highest BCUT2D eigenvalue weighted by atomic mass is 16.3. The third kappa shape index (κ3) is 4.34. The average Bonchev–Trinajstić information content (AvgIpc) is 3.45. The summed E-state index contributed by atoms with van der Waals surface area (Å²) in [6, 6.07) is 7.53. The van der Waals surface area contributed by atoms with Crippen LogP contribution in [0.3, 0.4) is 0 Å². The number of allylic oxidation sites excluding steroid dienone is 3. The van der Waals surface area contributed by atoms with Crippen LogP contribution in [-0.2, 0) is 20.8 Å². The fourth-order valence-corrected chi connectivity index (χ4v) is 7.01. The fraction of sp³-hybridized carbons (Fsp3) is 0.406. The molecule has 2 heterocycles. The first kappa shape index (κ1) is 27.0. The minimum atomic E-state index is -1.63. The Morgan fingerprint density at radius 3 is 2.62 bits per heavy atom. The van der Waals surface area contributed by atoms with Gasteiger partial charge in [-0.3, -0.25) is 14.4 Å². The van der Waals surface area contributed by atoms with Gasteiger partial charge in [0.1, 0.15) is 11.5 Å². The van der Waals surface area contributed by atoms with Crippen LogP contribution in [0, 0.1) is 29.1 Å². The lowest BCUT2D eigenvalue weighted by Gasteiger charge is -2.48. The zero-order valence-corrected chi connectivity index (χ0v) is 22.6. The predicted molar refractivity (Wildman–Crippen MR) is 149 cm³/mol. The Morgan fingerprint density at radius 1 is 1.10 bits per heavy atom. The van der Waals surface area contributed by atoms with Crippen molar-refractivity contribution in [1.29, 1.82) is 0 Å². The van der Waals surface area contributed by atoms with Gasteiger partial charge in [0.2, 0.25) is 5.91 Å². The van der Waals surface area contributed by atoms with Gasteiger partial charge in [0.15, 0.2) is 11.6 Å². The van der Waals surface area contributed by atoms with Crippen LogP contribution in [0.4, 0.5) is 0 Å². The lowest BCUT2D eigenvalue weighted by atomic mass is 9.52. The summed E-state index contributed by atoms with van der Waals surface area (Å²) in [7, 11) is 0. The van der Waals surface area contributed by atoms with Crippen molar-refractivity contribution in [2.24, 2.45) is 29.1 Å². The zero-order chi connectivity index (χ0) is 28.1. The highest BCUT2D eigenvalue weighted by Crippen LogP contribution is 2.56. The van der Waals surface area contributed by atoms with Crippen molar-refractivity contribution in [3.8, 4) is 0 Å². The first-order valence-electron chi connectivity index (χ1n) is 13.6. The number of nitrogens with one attached hydrogen (secondary N) is 2. The molecule has 2 aliphatic carbocycles. The zero-order valence-electron chi connectivity index (χ0n) is 22.6. The van der Waals surface area contributed by atoms with Crippen molar-refractivity contribution < 1.29 is 24.6 Å². The Morgan fingerprint density at radius 2 is 1.85 bits per heavy atom. The van der Waals surface area contributed by atoms with Crippen LogP contribution < -0.4 is 5.32 Å². The number of aromatic nitrogens is 1. The molecule has 4 N–H and O–H groups in total. The van der Waals surface area contributed by atoms with Gasteiger partial charge in [0.05, 0.1) is 6.10 Å². The summed E-state index contributed by atoms with van der Waals surface area (Å²) in [5.41, 5.74) is 1.46. The van der Waals surface area contributed by atoms with E-state index in [1.54, 1.807) is 13.0 Å². The van der Waals surface area contributed by atoms with Crippen LogP contribution in [-0.4, -0.2) is 50.9 Å². The monoisotopic (exact) mass is 528 g/mol. The normalized spacial score (nSPS) is 37.2. The van der Waals surface area contributed by atoms with Crippen LogP contribution in [0.15, 0.2) is 78.6 Å². The van der Waals surface area contributed by atoms with Gasteiger partial charge in [-0.15, -0.1) is 0 Å². The quantitative estimate of drug-likeness (QED) is 0.351. The smallest absolute Gasteiger partial charge is 0.235 e. The van der Waals surface area contributed by atoms with Crippen molar-refractivity contribution in [2.75, 3.05) is 0 Å². The molecule has 0 radical (unpaired) electrons. The summed E-state index contributed by atoms with van der Waals surface area (Å²) in [5, 5.41) is 26.1. The van der Waals surface area contributed by atoms with Crippen molar-refractivity contribution in [1.82, 2.24) is 10.3 Å². The summed E-state index contributed by atoms with van der Waals surface area (Å²) in [4.78, 5) is 44.2. The van der Waals surface area contributed by atoms with E-state index in [0.717, 1.165) is 28.6 Å². The number of hydrogen-bond donors (Lipinski definition) is 4. The molecule has 8 atom stereocenters. The molecule has 3 aliphatic rings.